The molecule has 0 fully saturated rings. The van der Waals surface area contributed by atoms with Gasteiger partial charge in [-0.1, -0.05) is 32.0 Å². The first-order chi connectivity index (χ1) is 6.93. The van der Waals surface area contributed by atoms with Gasteiger partial charge in [-0.2, -0.15) is 0 Å². The summed E-state index contributed by atoms with van der Waals surface area (Å²) in [6.45, 7) is 6.51. The Kier molecular flexibility index (Phi) is 4.18. The van der Waals surface area contributed by atoms with E-state index in [1.807, 2.05) is 19.0 Å². The second-order valence-electron chi connectivity index (χ2n) is 4.57. The lowest BCUT2D eigenvalue weighted by atomic mass is 9.97. The minimum Gasteiger partial charge on any atom is -0.290 e. The lowest BCUT2D eigenvalue weighted by molar-refractivity contribution is 0.383. The van der Waals surface area contributed by atoms with E-state index in [1.165, 1.54) is 16.7 Å². The van der Waals surface area contributed by atoms with Crippen molar-refractivity contribution in [3.63, 3.8) is 0 Å². The normalized spacial score (nSPS) is 13.6. The fourth-order valence-corrected chi connectivity index (χ4v) is 1.79. The molecule has 0 aliphatic rings. The molecule has 0 N–H and O–H groups in total. The zero-order chi connectivity index (χ0) is 11.6. The van der Waals surface area contributed by atoms with Gasteiger partial charge in [0.2, 0.25) is 0 Å². The Hall–Kier alpha value is -0.530. The van der Waals surface area contributed by atoms with Crippen molar-refractivity contribution in [1.82, 2.24) is 4.90 Å². The molecule has 0 radical (unpaired) electrons. The van der Waals surface area contributed by atoms with Gasteiger partial charge in [-0.05, 0) is 43.6 Å². The molecule has 1 nitrogen and oxygen atoms in total. The van der Waals surface area contributed by atoms with E-state index in [-0.39, 0.29) is 5.50 Å². The van der Waals surface area contributed by atoms with Crippen LogP contribution >= 0.6 is 11.6 Å². The van der Waals surface area contributed by atoms with Gasteiger partial charge in [0.1, 0.15) is 5.50 Å². The maximum Gasteiger partial charge on any atom is 0.110 e. The molecule has 0 aliphatic carbocycles. The average Bonchev–Trinajstić information content (AvgIpc) is 2.16. The highest BCUT2D eigenvalue weighted by Gasteiger charge is 2.13. The van der Waals surface area contributed by atoms with Gasteiger partial charge in [0.25, 0.3) is 0 Å². The van der Waals surface area contributed by atoms with Crippen LogP contribution < -0.4 is 0 Å². The van der Waals surface area contributed by atoms with Gasteiger partial charge in [0.15, 0.2) is 0 Å². The summed E-state index contributed by atoms with van der Waals surface area (Å²) in [6, 6.07) is 6.56. The number of benzene rings is 1. The number of nitrogens with zero attached hydrogens (tertiary/aromatic N) is 1. The summed E-state index contributed by atoms with van der Waals surface area (Å²) in [5.74, 6) is 0.551. The largest absolute Gasteiger partial charge is 0.290 e. The molecule has 1 unspecified atom stereocenters. The number of halogens is 1. The van der Waals surface area contributed by atoms with Gasteiger partial charge in [-0.3, -0.25) is 4.90 Å². The zero-order valence-electron chi connectivity index (χ0n) is 10.2. The number of aryl methyl sites for hydroxylation is 1. The number of hydrogen-bond acceptors (Lipinski definition) is 1. The van der Waals surface area contributed by atoms with E-state index in [9.17, 15) is 0 Å². The van der Waals surface area contributed by atoms with Gasteiger partial charge in [-0.15, -0.1) is 11.6 Å². The van der Waals surface area contributed by atoms with E-state index in [1.54, 1.807) is 0 Å². The smallest absolute Gasteiger partial charge is 0.110 e. The molecule has 2 heteroatoms. The highest BCUT2D eigenvalue weighted by atomic mass is 35.5. The number of alkyl halides is 1. The number of rotatable bonds is 3. The SMILES string of the molecule is Cc1ccc(C(C)C)cc1C(Cl)N(C)C. The van der Waals surface area contributed by atoms with Crippen LogP contribution in [0.25, 0.3) is 0 Å². The van der Waals surface area contributed by atoms with Crippen LogP contribution in [0.2, 0.25) is 0 Å². The Bertz CT molecular complexity index is 331. The van der Waals surface area contributed by atoms with E-state index in [4.69, 9.17) is 11.6 Å². The molecule has 1 rings (SSSR count). The monoisotopic (exact) mass is 225 g/mol. The van der Waals surface area contributed by atoms with Crippen LogP contribution in [0.3, 0.4) is 0 Å². The van der Waals surface area contributed by atoms with Crippen LogP contribution in [0, 0.1) is 6.92 Å². The van der Waals surface area contributed by atoms with Crippen LogP contribution in [0.5, 0.6) is 0 Å². The second kappa shape index (κ2) is 5.00. The fourth-order valence-electron chi connectivity index (χ4n) is 1.55. The van der Waals surface area contributed by atoms with Crippen LogP contribution in [0.4, 0.5) is 0 Å². The maximum atomic E-state index is 6.35. The predicted octanol–water partition coefficient (Wildman–Crippen LogP) is 3.92. The Morgan fingerprint density at radius 3 is 2.27 bits per heavy atom. The van der Waals surface area contributed by atoms with Crippen LogP contribution in [0.15, 0.2) is 18.2 Å². The molecule has 0 saturated carbocycles. The molecule has 15 heavy (non-hydrogen) atoms. The van der Waals surface area contributed by atoms with Gasteiger partial charge in [-0.25, -0.2) is 0 Å². The minimum atomic E-state index is -0.0382. The third-order valence-corrected chi connectivity index (χ3v) is 3.31. The molecular formula is C13H20ClN. The fraction of sp³-hybridized carbons (Fsp3) is 0.538. The molecular weight excluding hydrogens is 206 g/mol. The summed E-state index contributed by atoms with van der Waals surface area (Å²) in [5, 5.41) is 0. The average molecular weight is 226 g/mol. The molecule has 0 heterocycles. The van der Waals surface area contributed by atoms with E-state index in [0.717, 1.165) is 0 Å². The maximum absolute atomic E-state index is 6.35. The van der Waals surface area contributed by atoms with Gasteiger partial charge < -0.3 is 0 Å². The standard InChI is InChI=1S/C13H20ClN/c1-9(2)11-7-6-10(3)12(8-11)13(14)15(4)5/h6-9,13H,1-5H3. The molecule has 0 spiro atoms. The molecule has 0 bridgehead atoms. The Morgan fingerprint density at radius 1 is 1.20 bits per heavy atom. The molecule has 0 aromatic heterocycles. The van der Waals surface area contributed by atoms with Crippen molar-refractivity contribution in [3.8, 4) is 0 Å². The first-order valence-corrected chi connectivity index (χ1v) is 5.78. The molecule has 1 atom stereocenters. The summed E-state index contributed by atoms with van der Waals surface area (Å²) >= 11 is 6.35. The summed E-state index contributed by atoms with van der Waals surface area (Å²) < 4.78 is 0. The third-order valence-electron chi connectivity index (χ3n) is 2.68. The van der Waals surface area contributed by atoms with Crippen molar-refractivity contribution in [1.29, 1.82) is 0 Å². The van der Waals surface area contributed by atoms with Crippen molar-refractivity contribution in [2.75, 3.05) is 14.1 Å². The summed E-state index contributed by atoms with van der Waals surface area (Å²) in [6.07, 6.45) is 0. The number of hydrogen-bond donors (Lipinski definition) is 0. The van der Waals surface area contributed by atoms with Crippen LogP contribution in [0.1, 0.15) is 42.0 Å². The minimum absolute atomic E-state index is 0.0382. The summed E-state index contributed by atoms with van der Waals surface area (Å²) in [7, 11) is 4.00. The lowest BCUT2D eigenvalue weighted by Gasteiger charge is -2.21. The Labute approximate surface area is 98.0 Å². The summed E-state index contributed by atoms with van der Waals surface area (Å²) in [5.41, 5.74) is 3.78. The van der Waals surface area contributed by atoms with Gasteiger partial charge >= 0.3 is 0 Å². The van der Waals surface area contributed by atoms with E-state index >= 15 is 0 Å². The molecule has 1 aromatic carbocycles. The molecule has 0 saturated heterocycles. The van der Waals surface area contributed by atoms with Crippen molar-refractivity contribution in [2.24, 2.45) is 0 Å². The Morgan fingerprint density at radius 2 is 1.80 bits per heavy atom. The first kappa shape index (κ1) is 12.5. The highest BCUT2D eigenvalue weighted by molar-refractivity contribution is 6.20. The van der Waals surface area contributed by atoms with Crippen LogP contribution in [-0.2, 0) is 0 Å². The molecule has 1 aromatic rings. The topological polar surface area (TPSA) is 3.24 Å². The van der Waals surface area contributed by atoms with Crippen molar-refractivity contribution < 1.29 is 0 Å². The van der Waals surface area contributed by atoms with Crippen molar-refractivity contribution in [3.05, 3.63) is 34.9 Å². The van der Waals surface area contributed by atoms with Crippen molar-refractivity contribution in [2.45, 2.75) is 32.2 Å². The highest BCUT2D eigenvalue weighted by Crippen LogP contribution is 2.28. The van der Waals surface area contributed by atoms with E-state index in [2.05, 4.69) is 39.0 Å². The summed E-state index contributed by atoms with van der Waals surface area (Å²) in [4.78, 5) is 2.02. The van der Waals surface area contributed by atoms with Gasteiger partial charge in [0, 0.05) is 0 Å². The van der Waals surface area contributed by atoms with Crippen molar-refractivity contribution >= 4 is 11.6 Å². The first-order valence-electron chi connectivity index (χ1n) is 5.34. The van der Waals surface area contributed by atoms with Gasteiger partial charge in [0.05, 0.1) is 0 Å². The van der Waals surface area contributed by atoms with E-state index in [0.29, 0.717) is 5.92 Å². The van der Waals surface area contributed by atoms with E-state index < -0.39 is 0 Å². The predicted molar refractivity (Wildman–Crippen MR) is 67.5 cm³/mol. The second-order valence-corrected chi connectivity index (χ2v) is 4.98. The molecule has 0 amide bonds. The third kappa shape index (κ3) is 2.96. The van der Waals surface area contributed by atoms with Crippen LogP contribution in [-0.4, -0.2) is 19.0 Å². The quantitative estimate of drug-likeness (QED) is 0.557. The molecule has 0 aliphatic heterocycles. The zero-order valence-corrected chi connectivity index (χ0v) is 11.0. The molecule has 84 valence electrons. The lowest BCUT2D eigenvalue weighted by Crippen LogP contribution is -2.16. The Balaban J connectivity index is 3.10.